The molecule has 1 atom stereocenters. The van der Waals surface area contributed by atoms with Crippen molar-refractivity contribution >= 4 is 0 Å². The van der Waals surface area contributed by atoms with Gasteiger partial charge in [-0.05, 0) is 77.6 Å². The third kappa shape index (κ3) is 4.62. The van der Waals surface area contributed by atoms with Gasteiger partial charge in [-0.2, -0.15) is 0 Å². The zero-order chi connectivity index (χ0) is 20.1. The van der Waals surface area contributed by atoms with Gasteiger partial charge in [0, 0.05) is 19.2 Å². The van der Waals surface area contributed by atoms with Gasteiger partial charge >= 0.3 is 0 Å². The molecule has 1 unspecified atom stereocenters. The fourth-order valence-corrected chi connectivity index (χ4v) is 4.18. The summed E-state index contributed by atoms with van der Waals surface area (Å²) in [6.45, 7) is 10.7. The van der Waals surface area contributed by atoms with Gasteiger partial charge in [-0.15, -0.1) is 0 Å². The molecule has 146 valence electrons. The predicted molar refractivity (Wildman–Crippen MR) is 117 cm³/mol. The summed E-state index contributed by atoms with van der Waals surface area (Å²) in [5, 5.41) is 3.18. The van der Waals surface area contributed by atoms with Crippen LogP contribution < -0.4 is 5.32 Å². The van der Waals surface area contributed by atoms with Crippen molar-refractivity contribution in [3.63, 3.8) is 0 Å². The van der Waals surface area contributed by atoms with Crippen molar-refractivity contribution in [1.29, 1.82) is 0 Å². The monoisotopic (exact) mass is 375 g/mol. The van der Waals surface area contributed by atoms with Crippen LogP contribution in [0, 0.1) is 5.82 Å². The molecule has 1 saturated carbocycles. The summed E-state index contributed by atoms with van der Waals surface area (Å²) in [7, 11) is 1.94. The van der Waals surface area contributed by atoms with E-state index in [9.17, 15) is 4.39 Å². The van der Waals surface area contributed by atoms with Crippen molar-refractivity contribution in [3.05, 3.63) is 107 Å². The second kappa shape index (κ2) is 9.05. The number of allylic oxidation sites excluding steroid dienone is 3. The van der Waals surface area contributed by atoms with Crippen LogP contribution in [0.4, 0.5) is 4.39 Å². The lowest BCUT2D eigenvalue weighted by molar-refractivity contribution is 0.625. The Morgan fingerprint density at radius 3 is 2.64 bits per heavy atom. The molecule has 1 nitrogen and oxygen atoms in total. The van der Waals surface area contributed by atoms with Crippen LogP contribution in [0.5, 0.6) is 0 Å². The average Bonchev–Trinajstić information content (AvgIpc) is 2.68. The summed E-state index contributed by atoms with van der Waals surface area (Å²) in [5.41, 5.74) is 8.78. The molecule has 3 rings (SSSR count). The topological polar surface area (TPSA) is 12.0 Å². The van der Waals surface area contributed by atoms with Gasteiger partial charge in [-0.1, -0.05) is 56.0 Å². The first-order valence-corrected chi connectivity index (χ1v) is 10.1. The van der Waals surface area contributed by atoms with E-state index in [0.717, 1.165) is 43.2 Å². The Bertz CT molecular complexity index is 906. The third-order valence-corrected chi connectivity index (χ3v) is 5.63. The van der Waals surface area contributed by atoms with Gasteiger partial charge in [0.15, 0.2) is 0 Å². The Morgan fingerprint density at radius 2 is 1.93 bits per heavy atom. The van der Waals surface area contributed by atoms with E-state index >= 15 is 0 Å². The summed E-state index contributed by atoms with van der Waals surface area (Å²) < 4.78 is 13.4. The van der Waals surface area contributed by atoms with E-state index in [1.54, 1.807) is 12.1 Å². The smallest absolute Gasteiger partial charge is 0.123 e. The first kappa shape index (κ1) is 20.1. The minimum atomic E-state index is -0.162. The van der Waals surface area contributed by atoms with E-state index in [1.165, 1.54) is 33.9 Å². The van der Waals surface area contributed by atoms with Crippen LogP contribution in [-0.2, 0) is 19.3 Å². The van der Waals surface area contributed by atoms with Crippen molar-refractivity contribution in [2.24, 2.45) is 0 Å². The molecule has 1 N–H and O–H groups in total. The maximum Gasteiger partial charge on any atom is 0.123 e. The Labute approximate surface area is 168 Å². The van der Waals surface area contributed by atoms with Crippen molar-refractivity contribution in [2.45, 2.75) is 44.9 Å². The number of hydrogen-bond donors (Lipinski definition) is 1. The van der Waals surface area contributed by atoms with Gasteiger partial charge in [0.1, 0.15) is 5.82 Å². The first-order chi connectivity index (χ1) is 13.5. The molecule has 0 amide bonds. The fourth-order valence-electron chi connectivity index (χ4n) is 4.18. The van der Waals surface area contributed by atoms with E-state index in [2.05, 4.69) is 49.8 Å². The highest BCUT2D eigenvalue weighted by atomic mass is 19.1. The second-order valence-corrected chi connectivity index (χ2v) is 7.69. The lowest BCUT2D eigenvalue weighted by atomic mass is 9.75. The third-order valence-electron chi connectivity index (χ3n) is 5.63. The molecular weight excluding hydrogens is 345 g/mol. The van der Waals surface area contributed by atoms with Crippen molar-refractivity contribution < 1.29 is 4.39 Å². The molecule has 2 aromatic carbocycles. The standard InChI is InChI=1S/C26H30FN/c1-5-21-16-23(25-14-18(2)13-19(3)26(25)17-28-4)12-11-22(21)10-9-20-7-6-8-24(27)15-20/h6-8,11-12,15-17,25,28H,2-3,5,9-10,13-14H2,1,4H3/b26-17+. The lowest BCUT2D eigenvalue weighted by Crippen LogP contribution is -2.15. The van der Waals surface area contributed by atoms with Crippen LogP contribution in [0.1, 0.15) is 47.9 Å². The van der Waals surface area contributed by atoms with Crippen LogP contribution in [0.15, 0.2) is 78.5 Å². The van der Waals surface area contributed by atoms with Crippen LogP contribution >= 0.6 is 0 Å². The molecule has 28 heavy (non-hydrogen) atoms. The van der Waals surface area contributed by atoms with Gasteiger partial charge in [0.25, 0.3) is 0 Å². The number of nitrogens with one attached hydrogen (secondary N) is 1. The van der Waals surface area contributed by atoms with Gasteiger partial charge in [0.05, 0.1) is 0 Å². The molecule has 0 heterocycles. The molecule has 0 saturated heterocycles. The van der Waals surface area contributed by atoms with Crippen LogP contribution in [0.25, 0.3) is 0 Å². The number of rotatable bonds is 6. The van der Waals surface area contributed by atoms with Crippen molar-refractivity contribution in [1.82, 2.24) is 5.32 Å². The molecule has 0 aromatic heterocycles. The predicted octanol–water partition coefficient (Wildman–Crippen LogP) is 6.27. The number of benzene rings is 2. The molecule has 1 aliphatic rings. The largest absolute Gasteiger partial charge is 0.394 e. The minimum Gasteiger partial charge on any atom is -0.394 e. The SMILES string of the molecule is C=C1CC(=C)/C(=C\NC)C(c2ccc(CCc3cccc(F)c3)c(CC)c2)C1. The van der Waals surface area contributed by atoms with E-state index < -0.39 is 0 Å². The molecule has 1 fully saturated rings. The molecule has 0 radical (unpaired) electrons. The summed E-state index contributed by atoms with van der Waals surface area (Å²) in [4.78, 5) is 0. The highest BCUT2D eigenvalue weighted by Gasteiger charge is 2.25. The van der Waals surface area contributed by atoms with Crippen LogP contribution in [0.2, 0.25) is 0 Å². The Hall–Kier alpha value is -2.61. The van der Waals surface area contributed by atoms with Gasteiger partial charge < -0.3 is 5.32 Å². The number of aryl methyl sites for hydroxylation is 3. The average molecular weight is 376 g/mol. The molecule has 0 bridgehead atoms. The lowest BCUT2D eigenvalue weighted by Gasteiger charge is -2.30. The summed E-state index contributed by atoms with van der Waals surface area (Å²) >= 11 is 0. The highest BCUT2D eigenvalue weighted by molar-refractivity contribution is 5.48. The molecule has 2 aromatic rings. The molecular formula is C26H30FN. The van der Waals surface area contributed by atoms with Crippen molar-refractivity contribution in [2.75, 3.05) is 7.05 Å². The number of halogens is 1. The van der Waals surface area contributed by atoms with Gasteiger partial charge in [0.2, 0.25) is 0 Å². The van der Waals surface area contributed by atoms with Crippen molar-refractivity contribution in [3.8, 4) is 0 Å². The Morgan fingerprint density at radius 1 is 1.11 bits per heavy atom. The molecule has 1 aliphatic carbocycles. The van der Waals surface area contributed by atoms with E-state index in [4.69, 9.17) is 0 Å². The second-order valence-electron chi connectivity index (χ2n) is 7.69. The molecule has 2 heteroatoms. The Kier molecular flexibility index (Phi) is 6.51. The molecule has 0 aliphatic heterocycles. The quantitative estimate of drug-likeness (QED) is 0.587. The maximum absolute atomic E-state index is 13.4. The van der Waals surface area contributed by atoms with E-state index in [0.29, 0.717) is 5.92 Å². The van der Waals surface area contributed by atoms with Gasteiger partial charge in [-0.25, -0.2) is 4.39 Å². The molecule has 0 spiro atoms. The maximum atomic E-state index is 13.4. The minimum absolute atomic E-state index is 0.162. The van der Waals surface area contributed by atoms with Crippen LogP contribution in [-0.4, -0.2) is 7.05 Å². The van der Waals surface area contributed by atoms with Crippen LogP contribution in [0.3, 0.4) is 0 Å². The normalized spacial score (nSPS) is 18.5. The Balaban J connectivity index is 1.84. The van der Waals surface area contributed by atoms with E-state index in [-0.39, 0.29) is 5.82 Å². The zero-order valence-corrected chi connectivity index (χ0v) is 17.0. The van der Waals surface area contributed by atoms with Gasteiger partial charge in [-0.3, -0.25) is 0 Å². The zero-order valence-electron chi connectivity index (χ0n) is 17.0. The first-order valence-electron chi connectivity index (χ1n) is 10.1. The summed E-state index contributed by atoms with van der Waals surface area (Å²) in [6.07, 6.45) is 6.71. The highest BCUT2D eigenvalue weighted by Crippen LogP contribution is 2.42. The fraction of sp³-hybridized carbons (Fsp3) is 0.308. The van der Waals surface area contributed by atoms with E-state index in [1.807, 2.05) is 13.1 Å². The number of hydrogen-bond acceptors (Lipinski definition) is 1. The summed E-state index contributed by atoms with van der Waals surface area (Å²) in [5.74, 6) is 0.147. The summed E-state index contributed by atoms with van der Waals surface area (Å²) in [6, 6.07) is 13.8.